The molecule has 0 aromatic rings. The number of hydrogen-bond acceptors (Lipinski definition) is 7. The van der Waals surface area contributed by atoms with Gasteiger partial charge >= 0.3 is 5.97 Å². The molecule has 1 rings (SSSR count). The van der Waals surface area contributed by atoms with Crippen LogP contribution in [-0.2, 0) is 19.2 Å². The number of aliphatic carboxylic acids is 1. The van der Waals surface area contributed by atoms with Crippen molar-refractivity contribution in [1.29, 1.82) is 0 Å². The number of carboxylic acid groups (broad SMARTS) is 1. The van der Waals surface area contributed by atoms with Crippen LogP contribution in [0.15, 0.2) is 4.99 Å². The Morgan fingerprint density at radius 3 is 2.50 bits per heavy atom. The van der Waals surface area contributed by atoms with Crippen LogP contribution in [0.25, 0.3) is 0 Å². The molecule has 0 aromatic heterocycles. The van der Waals surface area contributed by atoms with Crippen LogP contribution in [0.1, 0.15) is 39.0 Å². The van der Waals surface area contributed by atoms with Crippen LogP contribution in [0.4, 0.5) is 0 Å². The summed E-state index contributed by atoms with van der Waals surface area (Å²) >= 11 is 1.48. The van der Waals surface area contributed by atoms with E-state index in [1.165, 1.54) is 23.6 Å². The van der Waals surface area contributed by atoms with E-state index in [2.05, 4.69) is 15.6 Å². The second kappa shape index (κ2) is 13.8. The van der Waals surface area contributed by atoms with Crippen molar-refractivity contribution in [3.05, 3.63) is 0 Å². The third kappa shape index (κ3) is 8.91. The largest absolute Gasteiger partial charge is 0.480 e. The van der Waals surface area contributed by atoms with E-state index in [1.807, 2.05) is 6.26 Å². The highest BCUT2D eigenvalue weighted by atomic mass is 32.2. The molecule has 1 saturated heterocycles. The lowest BCUT2D eigenvalue weighted by atomic mass is 10.1. The fourth-order valence-corrected chi connectivity index (χ4v) is 3.82. The zero-order valence-electron chi connectivity index (χ0n) is 18.6. The number of thioether (sulfide) groups is 1. The maximum absolute atomic E-state index is 12.9. The monoisotopic (exact) mass is 473 g/mol. The first-order valence-electron chi connectivity index (χ1n) is 10.5. The molecule has 12 nitrogen and oxygen atoms in total. The number of carbonyl (C=O) groups is 4. The predicted octanol–water partition coefficient (Wildman–Crippen LogP) is -1.81. The zero-order chi connectivity index (χ0) is 24.3. The van der Waals surface area contributed by atoms with E-state index in [4.69, 9.17) is 17.2 Å². The van der Waals surface area contributed by atoms with Crippen LogP contribution in [0, 0.1) is 0 Å². The number of aliphatic imine (C=N–C) groups is 1. The molecule has 0 radical (unpaired) electrons. The molecular weight excluding hydrogens is 438 g/mol. The van der Waals surface area contributed by atoms with Crippen molar-refractivity contribution in [1.82, 2.24) is 15.5 Å². The average molecular weight is 474 g/mol. The minimum absolute atomic E-state index is 0.0367. The molecular formula is C19H35N7O5S. The molecule has 9 N–H and O–H groups in total. The number of amides is 3. The summed E-state index contributed by atoms with van der Waals surface area (Å²) in [6.07, 6.45) is 4.02. The van der Waals surface area contributed by atoms with Gasteiger partial charge < -0.3 is 37.8 Å². The Balaban J connectivity index is 2.63. The average Bonchev–Trinajstić information content (AvgIpc) is 3.22. The molecule has 3 amide bonds. The van der Waals surface area contributed by atoms with Gasteiger partial charge in [0.2, 0.25) is 17.7 Å². The molecule has 1 aliphatic rings. The van der Waals surface area contributed by atoms with Gasteiger partial charge in [0.25, 0.3) is 0 Å². The molecule has 0 aliphatic carbocycles. The lowest BCUT2D eigenvalue weighted by Crippen LogP contribution is -2.56. The zero-order valence-corrected chi connectivity index (χ0v) is 19.4. The number of likely N-dealkylation sites (tertiary alicyclic amines) is 1. The summed E-state index contributed by atoms with van der Waals surface area (Å²) in [5.41, 5.74) is 16.3. The Bertz CT molecular complexity index is 702. The minimum atomic E-state index is -1.11. The summed E-state index contributed by atoms with van der Waals surface area (Å²) < 4.78 is 0. The van der Waals surface area contributed by atoms with Crippen LogP contribution < -0.4 is 27.8 Å². The number of nitrogens with one attached hydrogen (secondary N) is 2. The van der Waals surface area contributed by atoms with Crippen molar-refractivity contribution < 1.29 is 24.3 Å². The molecule has 0 spiro atoms. The van der Waals surface area contributed by atoms with E-state index in [9.17, 15) is 24.3 Å². The number of guanidine groups is 1. The van der Waals surface area contributed by atoms with Gasteiger partial charge in [0.1, 0.15) is 18.1 Å². The van der Waals surface area contributed by atoms with E-state index in [-0.39, 0.29) is 12.4 Å². The first-order chi connectivity index (χ1) is 15.1. The van der Waals surface area contributed by atoms with Crippen molar-refractivity contribution in [2.75, 3.05) is 25.1 Å². The van der Waals surface area contributed by atoms with E-state index in [0.717, 1.165) is 0 Å². The fraction of sp³-hybridized carbons (Fsp3) is 0.737. The Morgan fingerprint density at radius 2 is 1.91 bits per heavy atom. The third-order valence-corrected chi connectivity index (χ3v) is 5.74. The summed E-state index contributed by atoms with van der Waals surface area (Å²) in [4.78, 5) is 54.5. The number of carbonyl (C=O) groups excluding carboxylic acids is 3. The number of rotatable bonds is 13. The van der Waals surface area contributed by atoms with Gasteiger partial charge in [-0.15, -0.1) is 0 Å². The summed E-state index contributed by atoms with van der Waals surface area (Å²) in [6.45, 7) is 2.22. The lowest BCUT2D eigenvalue weighted by molar-refractivity contribution is -0.144. The summed E-state index contributed by atoms with van der Waals surface area (Å²) in [6, 6.07) is -3.50. The Labute approximate surface area is 192 Å². The molecule has 13 heteroatoms. The Hall–Kier alpha value is -2.54. The molecule has 1 aliphatic heterocycles. The lowest BCUT2D eigenvalue weighted by Gasteiger charge is -2.28. The van der Waals surface area contributed by atoms with Crippen LogP contribution in [-0.4, -0.2) is 88.9 Å². The van der Waals surface area contributed by atoms with Crippen LogP contribution in [0.3, 0.4) is 0 Å². The molecule has 1 heterocycles. The number of nitrogens with two attached hydrogens (primary N) is 3. The second-order valence-electron chi connectivity index (χ2n) is 7.66. The number of nitrogens with zero attached hydrogens (tertiary/aromatic N) is 2. The standard InChI is InChI=1S/C19H35N7O5S/c1-11(24-15(27)12(20)5-3-8-23-19(21)22)17(29)26-9-4-6-14(26)16(28)25-13(18(30)31)7-10-32-2/h11-14H,3-10,20H2,1-2H3,(H,24,27)(H,25,28)(H,30,31)(H4,21,22,23). The molecule has 4 atom stereocenters. The third-order valence-electron chi connectivity index (χ3n) is 5.10. The van der Waals surface area contributed by atoms with Gasteiger partial charge in [-0.05, 0) is 51.0 Å². The number of carboxylic acids is 1. The van der Waals surface area contributed by atoms with E-state index in [1.54, 1.807) is 0 Å². The van der Waals surface area contributed by atoms with Crippen molar-refractivity contribution >= 4 is 41.4 Å². The second-order valence-corrected chi connectivity index (χ2v) is 8.64. The first kappa shape index (κ1) is 27.5. The minimum Gasteiger partial charge on any atom is -0.480 e. The van der Waals surface area contributed by atoms with E-state index < -0.39 is 47.9 Å². The predicted molar refractivity (Wildman–Crippen MR) is 123 cm³/mol. The van der Waals surface area contributed by atoms with Gasteiger partial charge in [-0.25, -0.2) is 4.79 Å². The van der Waals surface area contributed by atoms with Crippen LogP contribution in [0.5, 0.6) is 0 Å². The maximum Gasteiger partial charge on any atom is 0.326 e. The van der Waals surface area contributed by atoms with Crippen molar-refractivity contribution in [3.8, 4) is 0 Å². The van der Waals surface area contributed by atoms with Crippen molar-refractivity contribution in [2.45, 2.75) is 63.2 Å². The van der Waals surface area contributed by atoms with Gasteiger partial charge in [-0.1, -0.05) is 0 Å². The topological polar surface area (TPSA) is 206 Å². The van der Waals surface area contributed by atoms with Gasteiger partial charge in [-0.3, -0.25) is 19.4 Å². The van der Waals surface area contributed by atoms with Gasteiger partial charge in [0.05, 0.1) is 6.04 Å². The first-order valence-corrected chi connectivity index (χ1v) is 11.9. The smallest absolute Gasteiger partial charge is 0.326 e. The quantitative estimate of drug-likeness (QED) is 0.101. The van der Waals surface area contributed by atoms with Gasteiger partial charge in [0, 0.05) is 13.1 Å². The highest BCUT2D eigenvalue weighted by Crippen LogP contribution is 2.19. The van der Waals surface area contributed by atoms with E-state index in [0.29, 0.717) is 44.5 Å². The highest BCUT2D eigenvalue weighted by molar-refractivity contribution is 7.98. The number of hydrogen-bond donors (Lipinski definition) is 6. The Morgan fingerprint density at radius 1 is 1.22 bits per heavy atom. The molecule has 1 fully saturated rings. The summed E-state index contributed by atoms with van der Waals surface area (Å²) in [5.74, 6) is -1.97. The molecule has 4 unspecified atom stereocenters. The van der Waals surface area contributed by atoms with E-state index >= 15 is 0 Å². The summed E-state index contributed by atoms with van der Waals surface area (Å²) in [7, 11) is 0. The van der Waals surface area contributed by atoms with Gasteiger partial charge in [0.15, 0.2) is 5.96 Å². The molecule has 0 saturated carbocycles. The van der Waals surface area contributed by atoms with Crippen LogP contribution in [0.2, 0.25) is 0 Å². The van der Waals surface area contributed by atoms with Crippen molar-refractivity contribution in [2.24, 2.45) is 22.2 Å². The molecule has 182 valence electrons. The van der Waals surface area contributed by atoms with Crippen LogP contribution >= 0.6 is 11.8 Å². The molecule has 32 heavy (non-hydrogen) atoms. The van der Waals surface area contributed by atoms with Gasteiger partial charge in [-0.2, -0.15) is 11.8 Å². The SMILES string of the molecule is CSCCC(NC(=O)C1CCCN1C(=O)C(C)NC(=O)C(N)CCCN=C(N)N)C(=O)O. The fourth-order valence-electron chi connectivity index (χ4n) is 3.35. The van der Waals surface area contributed by atoms with Crippen molar-refractivity contribution in [3.63, 3.8) is 0 Å². The maximum atomic E-state index is 12.9. The highest BCUT2D eigenvalue weighted by Gasteiger charge is 2.37. The Kier molecular flexibility index (Phi) is 11.8. The molecule has 0 bridgehead atoms. The summed E-state index contributed by atoms with van der Waals surface area (Å²) in [5, 5.41) is 14.4. The normalized spacial score (nSPS) is 18.3. The molecule has 0 aromatic carbocycles.